The summed E-state index contributed by atoms with van der Waals surface area (Å²) in [5.41, 5.74) is 4.22. The van der Waals surface area contributed by atoms with Gasteiger partial charge in [0, 0.05) is 37.4 Å². The molecule has 1 aliphatic heterocycles. The summed E-state index contributed by atoms with van der Waals surface area (Å²) in [5.74, 6) is -0.0723. The van der Waals surface area contributed by atoms with Crippen molar-refractivity contribution in [3.8, 4) is 0 Å². The zero-order valence-electron chi connectivity index (χ0n) is 17.8. The molecule has 2 aromatic carbocycles. The smallest absolute Gasteiger partial charge is 0.226 e. The molecule has 3 rings (SSSR count). The zero-order valence-corrected chi connectivity index (χ0v) is 17.8. The van der Waals surface area contributed by atoms with Crippen LogP contribution in [0.2, 0.25) is 0 Å². The fourth-order valence-corrected chi connectivity index (χ4v) is 4.22. The summed E-state index contributed by atoms with van der Waals surface area (Å²) in [4.78, 5) is 29.0. The first-order chi connectivity index (χ1) is 13.9. The molecule has 1 heterocycles. The largest absolute Gasteiger partial charge is 0.369 e. The normalized spacial score (nSPS) is 15.8. The summed E-state index contributed by atoms with van der Waals surface area (Å²) in [5, 5.41) is 3.00. The molecule has 2 aromatic rings. The number of rotatable bonds is 6. The first kappa shape index (κ1) is 20.9. The van der Waals surface area contributed by atoms with Crippen LogP contribution < -0.4 is 10.2 Å². The van der Waals surface area contributed by atoms with Gasteiger partial charge in [-0.15, -0.1) is 0 Å². The Hall–Kier alpha value is -2.82. The molecule has 0 radical (unpaired) electrons. The van der Waals surface area contributed by atoms with Crippen molar-refractivity contribution in [2.75, 3.05) is 23.3 Å². The minimum absolute atomic E-state index is 0.00926. The quantitative estimate of drug-likeness (QED) is 0.792. The van der Waals surface area contributed by atoms with Gasteiger partial charge in [-0.05, 0) is 62.6 Å². The predicted octanol–water partition coefficient (Wildman–Crippen LogP) is 4.40. The Morgan fingerprint density at radius 3 is 2.45 bits per heavy atom. The number of anilines is 2. The highest BCUT2D eigenvalue weighted by atomic mass is 16.2. The van der Waals surface area contributed by atoms with E-state index in [1.807, 2.05) is 47.4 Å². The van der Waals surface area contributed by atoms with Crippen LogP contribution in [0.3, 0.4) is 0 Å². The van der Waals surface area contributed by atoms with Crippen LogP contribution in [0, 0.1) is 0 Å². The average molecular weight is 394 g/mol. The third-order valence-electron chi connectivity index (χ3n) is 5.64. The van der Waals surface area contributed by atoms with E-state index in [2.05, 4.69) is 37.1 Å². The fraction of sp³-hybridized carbons (Fsp3) is 0.417. The van der Waals surface area contributed by atoms with Crippen molar-refractivity contribution < 1.29 is 9.59 Å². The van der Waals surface area contributed by atoms with E-state index in [4.69, 9.17) is 0 Å². The summed E-state index contributed by atoms with van der Waals surface area (Å²) >= 11 is 0. The van der Waals surface area contributed by atoms with Gasteiger partial charge in [-0.25, -0.2) is 0 Å². The number of hydrogen-bond donors (Lipinski definition) is 1. The van der Waals surface area contributed by atoms with Crippen molar-refractivity contribution in [1.82, 2.24) is 4.90 Å². The molecule has 0 fully saturated rings. The van der Waals surface area contributed by atoms with E-state index in [1.165, 1.54) is 5.56 Å². The summed E-state index contributed by atoms with van der Waals surface area (Å²) in [6, 6.07) is 16.3. The number of benzene rings is 2. The molecule has 5 heteroatoms. The van der Waals surface area contributed by atoms with E-state index < -0.39 is 0 Å². The van der Waals surface area contributed by atoms with Crippen LogP contribution in [-0.2, 0) is 16.0 Å². The Morgan fingerprint density at radius 1 is 1.14 bits per heavy atom. The molecular weight excluding hydrogens is 362 g/mol. The molecule has 154 valence electrons. The summed E-state index contributed by atoms with van der Waals surface area (Å²) in [6.07, 6.45) is 1.09. The lowest BCUT2D eigenvalue weighted by atomic mass is 9.90. The van der Waals surface area contributed by atoms with Gasteiger partial charge in [0.1, 0.15) is 0 Å². The van der Waals surface area contributed by atoms with Crippen molar-refractivity contribution in [2.45, 2.75) is 52.6 Å². The number of carbonyl (C=O) groups excluding carboxylic acids is 2. The third kappa shape index (κ3) is 4.78. The second kappa shape index (κ2) is 9.12. The van der Waals surface area contributed by atoms with Crippen LogP contribution in [0.5, 0.6) is 0 Å². The molecule has 0 bridgehead atoms. The number of fused-ring (bicyclic) bond motifs is 1. The Bertz CT molecular complexity index is 861. The molecule has 1 atom stereocenters. The van der Waals surface area contributed by atoms with Crippen LogP contribution >= 0.6 is 0 Å². The summed E-state index contributed by atoms with van der Waals surface area (Å²) < 4.78 is 0. The van der Waals surface area contributed by atoms with Gasteiger partial charge in [0.25, 0.3) is 0 Å². The van der Waals surface area contributed by atoms with Gasteiger partial charge in [-0.2, -0.15) is 0 Å². The molecule has 0 spiro atoms. The first-order valence-electron chi connectivity index (χ1n) is 10.4. The van der Waals surface area contributed by atoms with Crippen molar-refractivity contribution in [1.29, 1.82) is 0 Å². The lowest BCUT2D eigenvalue weighted by molar-refractivity contribution is -0.132. The number of hydrogen-bond acceptors (Lipinski definition) is 3. The molecular formula is C24H31N3O2. The Morgan fingerprint density at radius 2 is 1.83 bits per heavy atom. The van der Waals surface area contributed by atoms with E-state index in [0.29, 0.717) is 12.6 Å². The van der Waals surface area contributed by atoms with E-state index in [-0.39, 0.29) is 24.3 Å². The highest BCUT2D eigenvalue weighted by Crippen LogP contribution is 2.32. The van der Waals surface area contributed by atoms with Crippen LogP contribution in [-0.4, -0.2) is 35.8 Å². The highest BCUT2D eigenvalue weighted by molar-refractivity contribution is 5.92. The van der Waals surface area contributed by atoms with Crippen LogP contribution in [0.25, 0.3) is 0 Å². The Labute approximate surface area is 173 Å². The van der Waals surface area contributed by atoms with Crippen molar-refractivity contribution in [2.24, 2.45) is 0 Å². The standard InChI is InChI=1S/C24H31N3O2/c1-5-26(17(2)3)21-12-10-20(11-13-21)25-24(29)16-23-22-9-7-6-8-19(22)14-15-27(23)18(4)28/h6-13,17,23H,5,14-16H2,1-4H3,(H,25,29). The maximum atomic E-state index is 12.8. The molecule has 0 saturated carbocycles. The molecule has 29 heavy (non-hydrogen) atoms. The summed E-state index contributed by atoms with van der Waals surface area (Å²) in [7, 11) is 0. The topological polar surface area (TPSA) is 52.7 Å². The second-order valence-electron chi connectivity index (χ2n) is 7.86. The van der Waals surface area contributed by atoms with Gasteiger partial charge < -0.3 is 15.1 Å². The molecule has 5 nitrogen and oxygen atoms in total. The van der Waals surface area contributed by atoms with Crippen LogP contribution in [0.4, 0.5) is 11.4 Å². The molecule has 0 aromatic heterocycles. The van der Waals surface area contributed by atoms with Crippen LogP contribution in [0.1, 0.15) is 51.3 Å². The lowest BCUT2D eigenvalue weighted by Crippen LogP contribution is -2.40. The average Bonchev–Trinajstić information content (AvgIpc) is 2.69. The molecule has 1 unspecified atom stereocenters. The molecule has 1 N–H and O–H groups in total. The Kier molecular flexibility index (Phi) is 6.57. The molecule has 0 saturated heterocycles. The predicted molar refractivity (Wildman–Crippen MR) is 118 cm³/mol. The van der Waals surface area contributed by atoms with Gasteiger partial charge in [0.15, 0.2) is 0 Å². The highest BCUT2D eigenvalue weighted by Gasteiger charge is 2.30. The zero-order chi connectivity index (χ0) is 21.0. The minimum atomic E-state index is -0.215. The minimum Gasteiger partial charge on any atom is -0.369 e. The van der Waals surface area contributed by atoms with E-state index >= 15 is 0 Å². The Balaban J connectivity index is 1.72. The van der Waals surface area contributed by atoms with Crippen molar-refractivity contribution >= 4 is 23.2 Å². The maximum Gasteiger partial charge on any atom is 0.226 e. The SMILES string of the molecule is CCN(c1ccc(NC(=O)CC2c3ccccc3CCN2C(C)=O)cc1)C(C)C. The number of amides is 2. The fourth-order valence-electron chi connectivity index (χ4n) is 4.22. The maximum absolute atomic E-state index is 12.8. The van der Waals surface area contributed by atoms with E-state index in [1.54, 1.807) is 6.92 Å². The van der Waals surface area contributed by atoms with Gasteiger partial charge in [-0.3, -0.25) is 9.59 Å². The first-order valence-corrected chi connectivity index (χ1v) is 10.4. The third-order valence-corrected chi connectivity index (χ3v) is 5.64. The lowest BCUT2D eigenvalue weighted by Gasteiger charge is -2.36. The van der Waals surface area contributed by atoms with Crippen molar-refractivity contribution in [3.63, 3.8) is 0 Å². The van der Waals surface area contributed by atoms with E-state index in [0.717, 1.165) is 29.9 Å². The van der Waals surface area contributed by atoms with E-state index in [9.17, 15) is 9.59 Å². The van der Waals surface area contributed by atoms with Gasteiger partial charge in [-0.1, -0.05) is 24.3 Å². The van der Waals surface area contributed by atoms with Crippen molar-refractivity contribution in [3.05, 3.63) is 59.7 Å². The number of carbonyl (C=O) groups is 2. The van der Waals surface area contributed by atoms with Crippen LogP contribution in [0.15, 0.2) is 48.5 Å². The molecule has 0 aliphatic carbocycles. The van der Waals surface area contributed by atoms with Gasteiger partial charge in [0.05, 0.1) is 12.5 Å². The monoisotopic (exact) mass is 393 g/mol. The molecule has 2 amide bonds. The van der Waals surface area contributed by atoms with Gasteiger partial charge >= 0.3 is 0 Å². The number of nitrogens with one attached hydrogen (secondary N) is 1. The summed E-state index contributed by atoms with van der Waals surface area (Å²) in [6.45, 7) is 9.64. The molecule has 1 aliphatic rings. The second-order valence-corrected chi connectivity index (χ2v) is 7.86. The number of nitrogens with zero attached hydrogens (tertiary/aromatic N) is 2. The van der Waals surface area contributed by atoms with Gasteiger partial charge in [0.2, 0.25) is 11.8 Å².